The summed E-state index contributed by atoms with van der Waals surface area (Å²) < 4.78 is 18.4. The number of hydrogen-bond donors (Lipinski definition) is 2. The predicted octanol–water partition coefficient (Wildman–Crippen LogP) is 6.23. The molecule has 1 aliphatic rings. The fourth-order valence-corrected chi connectivity index (χ4v) is 5.48. The third-order valence-electron chi connectivity index (χ3n) is 5.89. The third-order valence-corrected chi connectivity index (χ3v) is 7.09. The number of phenolic OH excluding ortho intramolecular Hbond substituents is 1. The molecule has 1 aliphatic heterocycles. The number of aromatic hydroxyl groups is 1. The number of hydrogen-bond acceptors (Lipinski definition) is 5. The number of benzene rings is 3. The lowest BCUT2D eigenvalue weighted by molar-refractivity contribution is 0.163. The van der Waals surface area contributed by atoms with E-state index in [9.17, 15) is 19.4 Å². The molecule has 1 saturated heterocycles. The van der Waals surface area contributed by atoms with Crippen LogP contribution in [0.5, 0.6) is 11.5 Å². The summed E-state index contributed by atoms with van der Waals surface area (Å²) in [6, 6.07) is 20.0. The number of aliphatic hydroxyl groups excluding tert-OH is 1. The second-order valence-electron chi connectivity index (χ2n) is 8.00. The summed E-state index contributed by atoms with van der Waals surface area (Å²) in [7, 11) is 1.54. The van der Waals surface area contributed by atoms with E-state index in [0.717, 1.165) is 5.69 Å². The number of aliphatic hydroxyl groups is 1. The Hall–Kier alpha value is -3.03. The van der Waals surface area contributed by atoms with Gasteiger partial charge < -0.3 is 14.9 Å². The second kappa shape index (κ2) is 10.3. The van der Waals surface area contributed by atoms with Crippen LogP contribution in [-0.2, 0) is 0 Å². The lowest BCUT2D eigenvalue weighted by atomic mass is 9.95. The topological polar surface area (TPSA) is 70.0 Å². The van der Waals surface area contributed by atoms with Crippen LogP contribution in [0.25, 0.3) is 0 Å². The highest BCUT2D eigenvalue weighted by molar-refractivity contribution is 8.14. The van der Waals surface area contributed by atoms with Gasteiger partial charge in [0, 0.05) is 22.6 Å². The molecule has 0 saturated carbocycles. The van der Waals surface area contributed by atoms with Crippen molar-refractivity contribution in [3.63, 3.8) is 0 Å². The van der Waals surface area contributed by atoms with Crippen LogP contribution >= 0.6 is 11.8 Å². The molecule has 3 atom stereocenters. The first kappa shape index (κ1) is 23.1. The number of halogens is 1. The monoisotopic (exact) mass is 467 g/mol. The SMILES string of the molecule is COc1ccc([C@@H]2[C@@H](CCC[C@@H](O)c3ccc(F)cc3)SC(=O)N2c2ccccc2)c(O)c1. The van der Waals surface area contributed by atoms with Crippen molar-refractivity contribution in [2.24, 2.45) is 0 Å². The van der Waals surface area contributed by atoms with Gasteiger partial charge in [0.25, 0.3) is 5.24 Å². The molecule has 1 amide bonds. The highest BCUT2D eigenvalue weighted by atomic mass is 32.2. The Labute approximate surface area is 196 Å². The van der Waals surface area contributed by atoms with Gasteiger partial charge in [-0.2, -0.15) is 0 Å². The first-order chi connectivity index (χ1) is 16.0. The van der Waals surface area contributed by atoms with Crippen LogP contribution in [0.3, 0.4) is 0 Å². The molecule has 0 unspecified atom stereocenters. The summed E-state index contributed by atoms with van der Waals surface area (Å²) in [6.45, 7) is 0. The largest absolute Gasteiger partial charge is 0.507 e. The molecule has 0 aliphatic carbocycles. The normalized spacial score (nSPS) is 19.0. The Morgan fingerprint density at radius 3 is 2.48 bits per heavy atom. The van der Waals surface area contributed by atoms with E-state index in [1.165, 1.54) is 31.0 Å². The fraction of sp³-hybridized carbons (Fsp3) is 0.269. The number of nitrogens with zero attached hydrogens (tertiary/aromatic N) is 1. The average Bonchev–Trinajstić information content (AvgIpc) is 3.15. The third kappa shape index (κ3) is 5.15. The molecule has 7 heteroatoms. The van der Waals surface area contributed by atoms with Crippen molar-refractivity contribution >= 4 is 22.7 Å². The number of rotatable bonds is 8. The molecule has 0 radical (unpaired) electrons. The number of para-hydroxylation sites is 1. The van der Waals surface area contributed by atoms with Gasteiger partial charge in [-0.1, -0.05) is 42.1 Å². The molecule has 2 N–H and O–H groups in total. The minimum atomic E-state index is -0.703. The van der Waals surface area contributed by atoms with Crippen molar-refractivity contribution in [2.75, 3.05) is 12.0 Å². The number of anilines is 1. The molecule has 0 aromatic heterocycles. The van der Waals surface area contributed by atoms with Crippen LogP contribution in [0, 0.1) is 5.82 Å². The fourth-order valence-electron chi connectivity index (χ4n) is 4.21. The Bertz CT molecular complexity index is 1090. The molecule has 3 aromatic rings. The van der Waals surface area contributed by atoms with E-state index in [1.54, 1.807) is 35.2 Å². The summed E-state index contributed by atoms with van der Waals surface area (Å²) in [5.74, 6) is 0.278. The Morgan fingerprint density at radius 1 is 1.09 bits per heavy atom. The molecule has 0 spiro atoms. The van der Waals surface area contributed by atoms with E-state index in [0.29, 0.717) is 36.1 Å². The van der Waals surface area contributed by atoms with Crippen molar-refractivity contribution in [1.82, 2.24) is 0 Å². The zero-order valence-corrected chi connectivity index (χ0v) is 19.0. The van der Waals surface area contributed by atoms with E-state index in [-0.39, 0.29) is 28.1 Å². The van der Waals surface area contributed by atoms with Gasteiger partial charge in [0.15, 0.2) is 0 Å². The van der Waals surface area contributed by atoms with E-state index >= 15 is 0 Å². The van der Waals surface area contributed by atoms with Crippen molar-refractivity contribution in [3.8, 4) is 11.5 Å². The summed E-state index contributed by atoms with van der Waals surface area (Å²) in [6.07, 6.45) is 1.11. The molecule has 172 valence electrons. The zero-order chi connectivity index (χ0) is 23.4. The zero-order valence-electron chi connectivity index (χ0n) is 18.2. The molecule has 4 rings (SSSR count). The van der Waals surface area contributed by atoms with Crippen molar-refractivity contribution in [3.05, 3.63) is 89.7 Å². The van der Waals surface area contributed by atoms with E-state index in [4.69, 9.17) is 4.74 Å². The highest BCUT2D eigenvalue weighted by Crippen LogP contribution is 2.48. The van der Waals surface area contributed by atoms with Crippen LogP contribution in [0.1, 0.15) is 42.5 Å². The number of methoxy groups -OCH3 is 1. The van der Waals surface area contributed by atoms with E-state index in [2.05, 4.69) is 0 Å². The quantitative estimate of drug-likeness (QED) is 0.411. The number of ether oxygens (including phenoxy) is 1. The lowest BCUT2D eigenvalue weighted by Gasteiger charge is -2.28. The Balaban J connectivity index is 1.55. The van der Waals surface area contributed by atoms with E-state index in [1.807, 2.05) is 30.3 Å². The molecule has 33 heavy (non-hydrogen) atoms. The maximum Gasteiger partial charge on any atom is 0.287 e. The first-order valence-corrected chi connectivity index (χ1v) is 11.7. The van der Waals surface area contributed by atoms with Gasteiger partial charge >= 0.3 is 0 Å². The lowest BCUT2D eigenvalue weighted by Crippen LogP contribution is -2.29. The second-order valence-corrected chi connectivity index (χ2v) is 9.19. The highest BCUT2D eigenvalue weighted by Gasteiger charge is 2.43. The summed E-state index contributed by atoms with van der Waals surface area (Å²) in [4.78, 5) is 14.8. The first-order valence-electron chi connectivity index (χ1n) is 10.8. The Morgan fingerprint density at radius 2 is 1.82 bits per heavy atom. The maximum absolute atomic E-state index is 13.2. The molecule has 0 bridgehead atoms. The number of thioether (sulfide) groups is 1. The molecule has 3 aromatic carbocycles. The van der Waals surface area contributed by atoms with Crippen molar-refractivity contribution in [2.45, 2.75) is 36.7 Å². The van der Waals surface area contributed by atoms with Crippen LogP contribution in [0.15, 0.2) is 72.8 Å². The van der Waals surface area contributed by atoms with Crippen LogP contribution in [-0.4, -0.2) is 27.8 Å². The minimum Gasteiger partial charge on any atom is -0.507 e. The Kier molecular flexibility index (Phi) is 7.20. The molecule has 5 nitrogen and oxygen atoms in total. The number of carbonyl (C=O) groups excluding carboxylic acids is 1. The predicted molar refractivity (Wildman–Crippen MR) is 128 cm³/mol. The van der Waals surface area contributed by atoms with Gasteiger partial charge in [-0.05, 0) is 61.2 Å². The smallest absolute Gasteiger partial charge is 0.287 e. The number of carbonyl (C=O) groups is 1. The van der Waals surface area contributed by atoms with Crippen LogP contribution < -0.4 is 9.64 Å². The van der Waals surface area contributed by atoms with Crippen molar-refractivity contribution in [1.29, 1.82) is 0 Å². The van der Waals surface area contributed by atoms with Gasteiger partial charge in [-0.25, -0.2) is 4.39 Å². The van der Waals surface area contributed by atoms with Gasteiger partial charge in [-0.15, -0.1) is 0 Å². The van der Waals surface area contributed by atoms with Gasteiger partial charge in [-0.3, -0.25) is 9.69 Å². The van der Waals surface area contributed by atoms with Gasteiger partial charge in [0.2, 0.25) is 0 Å². The van der Waals surface area contributed by atoms with E-state index < -0.39 is 6.10 Å². The number of amides is 1. The summed E-state index contributed by atoms with van der Waals surface area (Å²) in [5, 5.41) is 21.0. The summed E-state index contributed by atoms with van der Waals surface area (Å²) in [5.41, 5.74) is 2.09. The van der Waals surface area contributed by atoms with Gasteiger partial charge in [0.05, 0.1) is 19.3 Å². The van der Waals surface area contributed by atoms with Crippen LogP contribution in [0.4, 0.5) is 14.9 Å². The average molecular weight is 468 g/mol. The summed E-state index contributed by atoms with van der Waals surface area (Å²) >= 11 is 1.25. The molecule has 1 fully saturated rings. The molecule has 1 heterocycles. The minimum absolute atomic E-state index is 0.0759. The van der Waals surface area contributed by atoms with Crippen LogP contribution in [0.2, 0.25) is 0 Å². The standard InChI is InChI=1S/C26H26FNO4S/c1-32-20-14-15-21(23(30)16-20)25-24(33-26(31)28(25)19-6-3-2-4-7-19)9-5-8-22(29)17-10-12-18(27)13-11-17/h2-4,6-7,10-16,22,24-25,29-30H,5,8-9H2,1H3/t22-,24-,25-/m1/s1. The number of phenols is 1. The molecular weight excluding hydrogens is 441 g/mol. The van der Waals surface area contributed by atoms with Gasteiger partial charge in [0.1, 0.15) is 17.3 Å². The van der Waals surface area contributed by atoms with Crippen molar-refractivity contribution < 1.29 is 24.1 Å². The maximum atomic E-state index is 13.2. The molecular formula is C26H26FNO4S.